The Bertz CT molecular complexity index is 365. The van der Waals surface area contributed by atoms with E-state index in [0.29, 0.717) is 6.04 Å². The van der Waals surface area contributed by atoms with Gasteiger partial charge >= 0.3 is 0 Å². The first-order chi connectivity index (χ1) is 8.74. The van der Waals surface area contributed by atoms with Crippen molar-refractivity contribution in [1.29, 1.82) is 0 Å². The van der Waals surface area contributed by atoms with E-state index in [1.165, 1.54) is 17.7 Å². The van der Waals surface area contributed by atoms with Crippen LogP contribution in [-0.2, 0) is 0 Å². The fraction of sp³-hybridized carbons (Fsp3) is 0.600. The quantitative estimate of drug-likeness (QED) is 0.879. The van der Waals surface area contributed by atoms with Crippen LogP contribution in [-0.4, -0.2) is 24.9 Å². The van der Waals surface area contributed by atoms with Gasteiger partial charge < -0.3 is 10.1 Å². The summed E-state index contributed by atoms with van der Waals surface area (Å²) >= 11 is 2.01. The van der Waals surface area contributed by atoms with Crippen LogP contribution in [0.4, 0.5) is 0 Å². The van der Waals surface area contributed by atoms with E-state index < -0.39 is 0 Å². The molecule has 1 N–H and O–H groups in total. The topological polar surface area (TPSA) is 21.3 Å². The van der Waals surface area contributed by atoms with E-state index in [4.69, 9.17) is 4.74 Å². The van der Waals surface area contributed by atoms with E-state index in [-0.39, 0.29) is 0 Å². The molecular formula is C15H23NOS. The Labute approximate surface area is 114 Å². The summed E-state index contributed by atoms with van der Waals surface area (Å²) in [6.07, 6.45) is 2.62. The van der Waals surface area contributed by atoms with E-state index in [9.17, 15) is 0 Å². The minimum absolute atomic E-state index is 0.700. The fourth-order valence-corrected chi connectivity index (χ4v) is 3.98. The molecule has 0 bridgehead atoms. The first-order valence-corrected chi connectivity index (χ1v) is 7.66. The molecule has 3 heteroatoms. The van der Waals surface area contributed by atoms with E-state index in [0.717, 1.165) is 23.5 Å². The molecule has 18 heavy (non-hydrogen) atoms. The first-order valence-electron chi connectivity index (χ1n) is 6.78. The summed E-state index contributed by atoms with van der Waals surface area (Å²) in [4.78, 5) is 1.35. The Hall–Kier alpha value is -0.670. The molecule has 0 spiro atoms. The summed E-state index contributed by atoms with van der Waals surface area (Å²) in [6, 6.07) is 9.12. The third-order valence-corrected chi connectivity index (χ3v) is 5.31. The summed E-state index contributed by atoms with van der Waals surface area (Å²) < 4.78 is 5.19. The zero-order valence-electron chi connectivity index (χ0n) is 11.5. The van der Waals surface area contributed by atoms with Gasteiger partial charge in [-0.3, -0.25) is 0 Å². The summed E-state index contributed by atoms with van der Waals surface area (Å²) in [6.45, 7) is 5.65. The van der Waals surface area contributed by atoms with Crippen molar-refractivity contribution >= 4 is 11.8 Å². The monoisotopic (exact) mass is 265 g/mol. The molecule has 100 valence electrons. The van der Waals surface area contributed by atoms with Crippen molar-refractivity contribution in [3.63, 3.8) is 0 Å². The molecule has 2 nitrogen and oxygen atoms in total. The molecule has 0 radical (unpaired) electrons. The highest BCUT2D eigenvalue weighted by molar-refractivity contribution is 8.00. The third kappa shape index (κ3) is 3.21. The van der Waals surface area contributed by atoms with Crippen LogP contribution in [0, 0.1) is 5.92 Å². The Morgan fingerprint density at radius 3 is 2.61 bits per heavy atom. The first kappa shape index (κ1) is 13.8. The molecular weight excluding hydrogens is 242 g/mol. The lowest BCUT2D eigenvalue weighted by molar-refractivity contribution is 0.414. The summed E-state index contributed by atoms with van der Waals surface area (Å²) in [5.74, 6) is 1.68. The predicted molar refractivity (Wildman–Crippen MR) is 78.5 cm³/mol. The SMILES string of the molecule is CCNC1CCC(Sc2ccc(OC)cc2)C1C. The summed E-state index contributed by atoms with van der Waals surface area (Å²) in [7, 11) is 1.71. The lowest BCUT2D eigenvalue weighted by Gasteiger charge is -2.21. The number of ether oxygens (including phenoxy) is 1. The molecule has 1 aromatic carbocycles. The van der Waals surface area contributed by atoms with Crippen LogP contribution in [0.2, 0.25) is 0 Å². The number of benzene rings is 1. The summed E-state index contributed by atoms with van der Waals surface area (Å²) in [5, 5.41) is 4.33. The Balaban J connectivity index is 1.93. The standard InChI is InChI=1S/C15H23NOS/c1-4-16-14-9-10-15(11(14)2)18-13-7-5-12(17-3)6-8-13/h5-8,11,14-16H,4,9-10H2,1-3H3. The average molecular weight is 265 g/mol. The molecule has 0 heterocycles. The number of thioether (sulfide) groups is 1. The van der Waals surface area contributed by atoms with Gasteiger partial charge in [-0.1, -0.05) is 13.8 Å². The lowest BCUT2D eigenvalue weighted by Crippen LogP contribution is -2.32. The molecule has 0 amide bonds. The summed E-state index contributed by atoms with van der Waals surface area (Å²) in [5.41, 5.74) is 0. The second-order valence-electron chi connectivity index (χ2n) is 4.93. The van der Waals surface area contributed by atoms with Gasteiger partial charge in [-0.15, -0.1) is 11.8 Å². The molecule has 0 saturated heterocycles. The second kappa shape index (κ2) is 6.48. The van der Waals surface area contributed by atoms with Crippen LogP contribution < -0.4 is 10.1 Å². The minimum Gasteiger partial charge on any atom is -0.497 e. The highest BCUT2D eigenvalue weighted by atomic mass is 32.2. The van der Waals surface area contributed by atoms with Crippen LogP contribution >= 0.6 is 11.8 Å². The van der Waals surface area contributed by atoms with Crippen molar-refractivity contribution in [2.45, 2.75) is 42.9 Å². The van der Waals surface area contributed by atoms with E-state index in [2.05, 4.69) is 31.3 Å². The maximum absolute atomic E-state index is 5.19. The number of hydrogen-bond acceptors (Lipinski definition) is 3. The Kier molecular flexibility index (Phi) is 4.95. The molecule has 3 atom stereocenters. The predicted octanol–water partition coefficient (Wildman–Crippen LogP) is 3.56. The smallest absolute Gasteiger partial charge is 0.118 e. The maximum Gasteiger partial charge on any atom is 0.118 e. The maximum atomic E-state index is 5.19. The molecule has 0 aliphatic heterocycles. The van der Waals surface area contributed by atoms with Gasteiger partial charge in [0.15, 0.2) is 0 Å². The molecule has 3 unspecified atom stereocenters. The van der Waals surface area contributed by atoms with Crippen molar-refractivity contribution in [2.24, 2.45) is 5.92 Å². The highest BCUT2D eigenvalue weighted by Crippen LogP contribution is 2.39. The third-order valence-electron chi connectivity index (χ3n) is 3.80. The Morgan fingerprint density at radius 1 is 1.28 bits per heavy atom. The minimum atomic E-state index is 0.700. The highest BCUT2D eigenvalue weighted by Gasteiger charge is 2.32. The van der Waals surface area contributed by atoms with E-state index in [1.54, 1.807) is 7.11 Å². The molecule has 1 aliphatic rings. The van der Waals surface area contributed by atoms with Gasteiger partial charge in [0, 0.05) is 16.2 Å². The zero-order valence-corrected chi connectivity index (χ0v) is 12.3. The molecule has 1 fully saturated rings. The number of rotatable bonds is 5. The zero-order chi connectivity index (χ0) is 13.0. The van der Waals surface area contributed by atoms with Gasteiger partial charge in [-0.05, 0) is 49.6 Å². The van der Waals surface area contributed by atoms with Gasteiger partial charge in [-0.25, -0.2) is 0 Å². The molecule has 1 aliphatic carbocycles. The van der Waals surface area contributed by atoms with Gasteiger partial charge in [0.25, 0.3) is 0 Å². The lowest BCUT2D eigenvalue weighted by atomic mass is 10.1. The largest absolute Gasteiger partial charge is 0.497 e. The number of methoxy groups -OCH3 is 1. The van der Waals surface area contributed by atoms with Crippen molar-refractivity contribution in [3.05, 3.63) is 24.3 Å². The van der Waals surface area contributed by atoms with E-state index in [1.807, 2.05) is 23.9 Å². The van der Waals surface area contributed by atoms with Crippen LogP contribution in [0.15, 0.2) is 29.2 Å². The van der Waals surface area contributed by atoms with Crippen molar-refractivity contribution < 1.29 is 4.74 Å². The van der Waals surface area contributed by atoms with Crippen molar-refractivity contribution in [1.82, 2.24) is 5.32 Å². The normalized spacial score (nSPS) is 27.4. The molecule has 1 saturated carbocycles. The van der Waals surface area contributed by atoms with Gasteiger partial charge in [0.2, 0.25) is 0 Å². The number of nitrogens with one attached hydrogen (secondary N) is 1. The van der Waals surface area contributed by atoms with E-state index >= 15 is 0 Å². The van der Waals surface area contributed by atoms with Crippen molar-refractivity contribution in [3.8, 4) is 5.75 Å². The fourth-order valence-electron chi connectivity index (χ4n) is 2.67. The van der Waals surface area contributed by atoms with Gasteiger partial charge in [-0.2, -0.15) is 0 Å². The van der Waals surface area contributed by atoms with Crippen LogP contribution in [0.3, 0.4) is 0 Å². The van der Waals surface area contributed by atoms with Gasteiger partial charge in [0.05, 0.1) is 7.11 Å². The molecule has 1 aromatic rings. The average Bonchev–Trinajstić information content (AvgIpc) is 2.73. The van der Waals surface area contributed by atoms with Crippen molar-refractivity contribution in [2.75, 3.05) is 13.7 Å². The molecule has 0 aromatic heterocycles. The van der Waals surface area contributed by atoms with Crippen LogP contribution in [0.1, 0.15) is 26.7 Å². The van der Waals surface area contributed by atoms with Crippen LogP contribution in [0.25, 0.3) is 0 Å². The number of hydrogen-bond donors (Lipinski definition) is 1. The van der Waals surface area contributed by atoms with Crippen LogP contribution in [0.5, 0.6) is 5.75 Å². The molecule has 2 rings (SSSR count). The van der Waals surface area contributed by atoms with Gasteiger partial charge in [0.1, 0.15) is 5.75 Å². The second-order valence-corrected chi connectivity index (χ2v) is 6.25. The Morgan fingerprint density at radius 2 is 2.00 bits per heavy atom.